The van der Waals surface area contributed by atoms with E-state index in [0.717, 1.165) is 21.5 Å². The van der Waals surface area contributed by atoms with Crippen molar-refractivity contribution >= 4 is 33.6 Å². The molecule has 2 heteroatoms. The SMILES string of the molecule is Cc1cc(C=CCBr)cc(C)c1Cl. The minimum atomic E-state index is 0.871. The topological polar surface area (TPSA) is 0 Å². The van der Waals surface area contributed by atoms with Crippen molar-refractivity contribution in [2.24, 2.45) is 0 Å². The van der Waals surface area contributed by atoms with Crippen molar-refractivity contribution in [2.75, 3.05) is 5.33 Å². The molecule has 1 aromatic rings. The zero-order chi connectivity index (χ0) is 9.84. The number of benzene rings is 1. The molecule has 0 aliphatic heterocycles. The van der Waals surface area contributed by atoms with Crippen LogP contribution in [0.1, 0.15) is 16.7 Å². The molecule has 0 atom stereocenters. The normalized spacial score (nSPS) is 11.1. The first kappa shape index (κ1) is 10.8. The minimum Gasteiger partial charge on any atom is -0.0883 e. The van der Waals surface area contributed by atoms with Gasteiger partial charge in [-0.25, -0.2) is 0 Å². The van der Waals surface area contributed by atoms with Crippen molar-refractivity contribution in [1.29, 1.82) is 0 Å². The Labute approximate surface area is 92.7 Å². The van der Waals surface area contributed by atoms with Crippen molar-refractivity contribution in [3.05, 3.63) is 39.9 Å². The fourth-order valence-electron chi connectivity index (χ4n) is 1.26. The monoisotopic (exact) mass is 258 g/mol. The third-order valence-electron chi connectivity index (χ3n) is 1.86. The quantitative estimate of drug-likeness (QED) is 0.692. The van der Waals surface area contributed by atoms with Crippen LogP contribution in [0.25, 0.3) is 6.08 Å². The van der Waals surface area contributed by atoms with Gasteiger partial charge in [0.15, 0.2) is 0 Å². The van der Waals surface area contributed by atoms with Gasteiger partial charge in [0.05, 0.1) is 0 Å². The van der Waals surface area contributed by atoms with E-state index in [9.17, 15) is 0 Å². The lowest BCUT2D eigenvalue weighted by atomic mass is 10.1. The van der Waals surface area contributed by atoms with Gasteiger partial charge in [0.25, 0.3) is 0 Å². The number of allylic oxidation sites excluding steroid dienone is 1. The predicted molar refractivity (Wildman–Crippen MR) is 63.8 cm³/mol. The molecule has 1 aromatic carbocycles. The predicted octanol–water partition coefficient (Wildman–Crippen LogP) is 4.36. The Balaban J connectivity index is 3.06. The maximum absolute atomic E-state index is 6.05. The summed E-state index contributed by atoms with van der Waals surface area (Å²) in [5.41, 5.74) is 3.48. The molecule has 0 saturated carbocycles. The maximum atomic E-state index is 6.05. The van der Waals surface area contributed by atoms with Gasteiger partial charge in [0.1, 0.15) is 0 Å². The van der Waals surface area contributed by atoms with E-state index in [4.69, 9.17) is 11.6 Å². The van der Waals surface area contributed by atoms with Crippen LogP contribution < -0.4 is 0 Å². The van der Waals surface area contributed by atoms with Crippen LogP contribution in [-0.4, -0.2) is 5.33 Å². The van der Waals surface area contributed by atoms with Gasteiger partial charge < -0.3 is 0 Å². The summed E-state index contributed by atoms with van der Waals surface area (Å²) < 4.78 is 0. The van der Waals surface area contributed by atoms with E-state index < -0.39 is 0 Å². The van der Waals surface area contributed by atoms with Gasteiger partial charge in [-0.3, -0.25) is 0 Å². The molecule has 0 N–H and O–H groups in total. The van der Waals surface area contributed by atoms with E-state index in [1.54, 1.807) is 0 Å². The highest BCUT2D eigenvalue weighted by molar-refractivity contribution is 9.09. The van der Waals surface area contributed by atoms with Crippen LogP contribution in [0.3, 0.4) is 0 Å². The van der Waals surface area contributed by atoms with Gasteiger partial charge in [-0.1, -0.05) is 51.8 Å². The number of rotatable bonds is 2. The fraction of sp³-hybridized carbons (Fsp3) is 0.273. The Morgan fingerprint density at radius 2 is 1.85 bits per heavy atom. The summed E-state index contributed by atoms with van der Waals surface area (Å²) in [5, 5.41) is 1.75. The van der Waals surface area contributed by atoms with Gasteiger partial charge in [-0.15, -0.1) is 0 Å². The summed E-state index contributed by atoms with van der Waals surface area (Å²) in [6.07, 6.45) is 4.16. The van der Waals surface area contributed by atoms with Crippen LogP contribution in [0.2, 0.25) is 5.02 Å². The lowest BCUT2D eigenvalue weighted by Gasteiger charge is -2.03. The molecule has 70 valence electrons. The molecule has 0 radical (unpaired) electrons. The first-order chi connectivity index (χ1) is 6.15. The molecular weight excluding hydrogens is 247 g/mol. The highest BCUT2D eigenvalue weighted by Crippen LogP contribution is 2.22. The molecule has 0 bridgehead atoms. The number of alkyl halides is 1. The second-order valence-electron chi connectivity index (χ2n) is 3.03. The molecule has 0 spiro atoms. The van der Waals surface area contributed by atoms with Crippen LogP contribution in [-0.2, 0) is 0 Å². The molecule has 0 saturated heterocycles. The first-order valence-electron chi connectivity index (χ1n) is 4.14. The summed E-state index contributed by atoms with van der Waals surface area (Å²) in [6, 6.07) is 4.18. The van der Waals surface area contributed by atoms with Gasteiger partial charge in [-0.2, -0.15) is 0 Å². The molecule has 0 aliphatic carbocycles. The van der Waals surface area contributed by atoms with Crippen molar-refractivity contribution < 1.29 is 0 Å². The Morgan fingerprint density at radius 1 is 1.31 bits per heavy atom. The molecule has 1 rings (SSSR count). The van der Waals surface area contributed by atoms with Crippen LogP contribution in [0.15, 0.2) is 18.2 Å². The van der Waals surface area contributed by atoms with E-state index in [0.29, 0.717) is 0 Å². The van der Waals surface area contributed by atoms with E-state index >= 15 is 0 Å². The second kappa shape index (κ2) is 4.83. The smallest absolute Gasteiger partial charge is 0.0464 e. The fourth-order valence-corrected chi connectivity index (χ4v) is 1.55. The maximum Gasteiger partial charge on any atom is 0.0464 e. The molecule has 0 aromatic heterocycles. The van der Waals surface area contributed by atoms with E-state index in [2.05, 4.69) is 40.2 Å². The van der Waals surface area contributed by atoms with Gasteiger partial charge in [0, 0.05) is 10.4 Å². The highest BCUT2D eigenvalue weighted by atomic mass is 79.9. The van der Waals surface area contributed by atoms with Crippen LogP contribution in [0, 0.1) is 13.8 Å². The van der Waals surface area contributed by atoms with Gasteiger partial charge >= 0.3 is 0 Å². The van der Waals surface area contributed by atoms with E-state index in [1.165, 1.54) is 5.56 Å². The van der Waals surface area contributed by atoms with Crippen molar-refractivity contribution in [1.82, 2.24) is 0 Å². The molecular formula is C11H12BrCl. The molecule has 0 aliphatic rings. The third-order valence-corrected chi connectivity index (χ3v) is 2.83. The number of hydrogen-bond donors (Lipinski definition) is 0. The highest BCUT2D eigenvalue weighted by Gasteiger charge is 1.99. The van der Waals surface area contributed by atoms with Gasteiger partial charge in [0.2, 0.25) is 0 Å². The van der Waals surface area contributed by atoms with Crippen LogP contribution in [0.4, 0.5) is 0 Å². The Bertz CT molecular complexity index is 306. The number of halogens is 2. The lowest BCUT2D eigenvalue weighted by Crippen LogP contribution is -1.83. The first-order valence-corrected chi connectivity index (χ1v) is 5.64. The Morgan fingerprint density at radius 3 is 2.31 bits per heavy atom. The number of hydrogen-bond acceptors (Lipinski definition) is 0. The summed E-state index contributed by atoms with van der Waals surface area (Å²) in [6.45, 7) is 4.06. The van der Waals surface area contributed by atoms with Crippen molar-refractivity contribution in [3.8, 4) is 0 Å². The Kier molecular flexibility index (Phi) is 4.01. The molecule has 13 heavy (non-hydrogen) atoms. The Hall–Kier alpha value is -0.270. The molecule has 0 nitrogen and oxygen atoms in total. The summed E-state index contributed by atoms with van der Waals surface area (Å²) in [5.74, 6) is 0. The molecule has 0 fully saturated rings. The third kappa shape index (κ3) is 2.85. The zero-order valence-corrected chi connectivity index (χ0v) is 10.1. The summed E-state index contributed by atoms with van der Waals surface area (Å²) in [4.78, 5) is 0. The minimum absolute atomic E-state index is 0.871. The molecule has 0 amide bonds. The summed E-state index contributed by atoms with van der Waals surface area (Å²) >= 11 is 9.40. The standard InChI is InChI=1S/C11H12BrCl/c1-8-6-10(4-3-5-12)7-9(2)11(8)13/h3-4,6-7H,5H2,1-2H3. The van der Waals surface area contributed by atoms with Crippen LogP contribution >= 0.6 is 27.5 Å². The van der Waals surface area contributed by atoms with Crippen LogP contribution in [0.5, 0.6) is 0 Å². The molecule has 0 unspecified atom stereocenters. The van der Waals surface area contributed by atoms with Gasteiger partial charge in [-0.05, 0) is 30.5 Å². The average molecular weight is 260 g/mol. The summed E-state index contributed by atoms with van der Waals surface area (Å²) in [7, 11) is 0. The lowest BCUT2D eigenvalue weighted by molar-refractivity contribution is 1.37. The zero-order valence-electron chi connectivity index (χ0n) is 7.77. The van der Waals surface area contributed by atoms with E-state index in [1.807, 2.05) is 13.8 Å². The molecule has 0 heterocycles. The number of aryl methyl sites for hydroxylation is 2. The van der Waals surface area contributed by atoms with Crippen molar-refractivity contribution in [2.45, 2.75) is 13.8 Å². The van der Waals surface area contributed by atoms with E-state index in [-0.39, 0.29) is 0 Å². The average Bonchev–Trinajstić information content (AvgIpc) is 2.10. The second-order valence-corrected chi connectivity index (χ2v) is 4.05. The van der Waals surface area contributed by atoms with Crippen molar-refractivity contribution in [3.63, 3.8) is 0 Å². The largest absolute Gasteiger partial charge is 0.0883 e.